The van der Waals surface area contributed by atoms with E-state index in [4.69, 9.17) is 0 Å². The molecular formula is C16H11F3O. The Labute approximate surface area is 114 Å². The Kier molecular flexibility index (Phi) is 2.89. The molecule has 0 spiro atoms. The van der Waals surface area contributed by atoms with Crippen LogP contribution in [0.25, 0.3) is 0 Å². The molecule has 1 aliphatic carbocycles. The van der Waals surface area contributed by atoms with E-state index in [1.165, 1.54) is 6.07 Å². The molecule has 0 aliphatic heterocycles. The predicted octanol–water partition coefficient (Wildman–Crippen LogP) is 4.04. The molecule has 2 aromatic rings. The Morgan fingerprint density at radius 3 is 2.20 bits per heavy atom. The molecule has 0 radical (unpaired) electrons. The normalized spacial score (nSPS) is 14.4. The molecule has 0 aromatic heterocycles. The average molecular weight is 276 g/mol. The maximum atomic E-state index is 12.8. The Balaban J connectivity index is 2.16. The van der Waals surface area contributed by atoms with Crippen molar-refractivity contribution in [1.29, 1.82) is 0 Å². The minimum Gasteiger partial charge on any atom is -0.289 e. The van der Waals surface area contributed by atoms with Crippen LogP contribution in [0.1, 0.15) is 32.6 Å². The molecule has 0 saturated carbocycles. The first-order valence-corrected chi connectivity index (χ1v) is 6.29. The summed E-state index contributed by atoms with van der Waals surface area (Å²) in [7, 11) is 0. The number of hydrogen-bond donors (Lipinski definition) is 0. The Morgan fingerprint density at radius 1 is 0.850 bits per heavy atom. The second kappa shape index (κ2) is 4.47. The highest BCUT2D eigenvalue weighted by atomic mass is 19.4. The van der Waals surface area contributed by atoms with E-state index >= 15 is 0 Å². The lowest BCUT2D eigenvalue weighted by Gasteiger charge is -2.10. The maximum absolute atomic E-state index is 12.8. The number of aryl methyl sites for hydroxylation is 2. The first-order chi connectivity index (χ1) is 9.47. The van der Waals surface area contributed by atoms with E-state index < -0.39 is 11.7 Å². The monoisotopic (exact) mass is 276 g/mol. The summed E-state index contributed by atoms with van der Waals surface area (Å²) in [6, 6.07) is 10.5. The molecular weight excluding hydrogens is 265 g/mol. The molecule has 0 atom stereocenters. The molecule has 0 heterocycles. The lowest BCUT2D eigenvalue weighted by Crippen LogP contribution is -2.10. The van der Waals surface area contributed by atoms with Gasteiger partial charge in [0.05, 0.1) is 5.56 Å². The molecule has 0 unspecified atom stereocenters. The second-order valence-corrected chi connectivity index (χ2v) is 4.86. The van der Waals surface area contributed by atoms with Crippen LogP contribution in [-0.4, -0.2) is 5.78 Å². The first kappa shape index (κ1) is 12.9. The van der Waals surface area contributed by atoms with Gasteiger partial charge in [0.25, 0.3) is 0 Å². The van der Waals surface area contributed by atoms with Crippen molar-refractivity contribution in [2.24, 2.45) is 0 Å². The highest BCUT2D eigenvalue weighted by molar-refractivity contribution is 6.11. The van der Waals surface area contributed by atoms with Crippen molar-refractivity contribution in [2.45, 2.75) is 19.0 Å². The molecule has 0 bridgehead atoms. The van der Waals surface area contributed by atoms with Gasteiger partial charge in [-0.05, 0) is 36.1 Å². The molecule has 20 heavy (non-hydrogen) atoms. The van der Waals surface area contributed by atoms with Crippen molar-refractivity contribution in [2.75, 3.05) is 0 Å². The van der Waals surface area contributed by atoms with E-state index in [-0.39, 0.29) is 11.3 Å². The highest BCUT2D eigenvalue weighted by Crippen LogP contribution is 2.33. The van der Waals surface area contributed by atoms with Gasteiger partial charge in [-0.15, -0.1) is 0 Å². The Hall–Kier alpha value is -2.10. The standard InChI is InChI=1S/C16H11F3O/c17-16(18,19)12-8-7-11-6-5-10-3-1-2-4-13(10)15(20)14(11)9-12/h1-4,7-9H,5-6H2. The largest absolute Gasteiger partial charge is 0.416 e. The van der Waals surface area contributed by atoms with Crippen LogP contribution in [0.15, 0.2) is 42.5 Å². The first-order valence-electron chi connectivity index (χ1n) is 6.29. The molecule has 0 fully saturated rings. The number of ketones is 1. The molecule has 4 heteroatoms. The summed E-state index contributed by atoms with van der Waals surface area (Å²) in [4.78, 5) is 12.4. The van der Waals surface area contributed by atoms with E-state index in [2.05, 4.69) is 0 Å². The van der Waals surface area contributed by atoms with E-state index in [9.17, 15) is 18.0 Å². The minimum atomic E-state index is -4.43. The molecule has 3 rings (SSSR count). The van der Waals surface area contributed by atoms with Crippen LogP contribution in [0.5, 0.6) is 0 Å². The molecule has 1 nitrogen and oxygen atoms in total. The third-order valence-electron chi connectivity index (χ3n) is 3.61. The quantitative estimate of drug-likeness (QED) is 0.710. The Bertz CT molecular complexity index is 686. The average Bonchev–Trinajstić information content (AvgIpc) is 2.56. The zero-order valence-electron chi connectivity index (χ0n) is 10.5. The van der Waals surface area contributed by atoms with Crippen molar-refractivity contribution in [3.05, 3.63) is 70.3 Å². The molecule has 102 valence electrons. The molecule has 1 aliphatic rings. The summed E-state index contributed by atoms with van der Waals surface area (Å²) in [5, 5.41) is 0. The number of alkyl halides is 3. The van der Waals surface area contributed by atoms with Crippen molar-refractivity contribution >= 4 is 5.78 Å². The predicted molar refractivity (Wildman–Crippen MR) is 68.7 cm³/mol. The number of halogens is 3. The van der Waals surface area contributed by atoms with Crippen molar-refractivity contribution in [3.63, 3.8) is 0 Å². The fourth-order valence-corrected chi connectivity index (χ4v) is 2.56. The third-order valence-corrected chi connectivity index (χ3v) is 3.61. The van der Waals surface area contributed by atoms with Gasteiger partial charge in [0.2, 0.25) is 0 Å². The van der Waals surface area contributed by atoms with Crippen LogP contribution in [-0.2, 0) is 19.0 Å². The highest BCUT2D eigenvalue weighted by Gasteiger charge is 2.32. The molecule has 0 amide bonds. The summed E-state index contributed by atoms with van der Waals surface area (Å²) in [5.74, 6) is -0.320. The molecule has 2 aromatic carbocycles. The lowest BCUT2D eigenvalue weighted by molar-refractivity contribution is -0.137. The number of benzene rings is 2. The summed E-state index contributed by atoms with van der Waals surface area (Å²) in [6.07, 6.45) is -3.18. The van der Waals surface area contributed by atoms with Crippen LogP contribution < -0.4 is 0 Å². The zero-order chi connectivity index (χ0) is 14.3. The van der Waals surface area contributed by atoms with Crippen LogP contribution in [0.2, 0.25) is 0 Å². The van der Waals surface area contributed by atoms with Crippen LogP contribution in [0.4, 0.5) is 13.2 Å². The third kappa shape index (κ3) is 2.11. The smallest absolute Gasteiger partial charge is 0.289 e. The van der Waals surface area contributed by atoms with Gasteiger partial charge in [-0.2, -0.15) is 13.2 Å². The topological polar surface area (TPSA) is 17.1 Å². The number of carbonyl (C=O) groups is 1. The van der Waals surface area contributed by atoms with Crippen LogP contribution in [0.3, 0.4) is 0 Å². The minimum absolute atomic E-state index is 0.171. The molecule has 0 saturated heterocycles. The van der Waals surface area contributed by atoms with Gasteiger partial charge in [0, 0.05) is 11.1 Å². The number of hydrogen-bond acceptors (Lipinski definition) is 1. The molecule has 0 N–H and O–H groups in total. The van der Waals surface area contributed by atoms with Crippen LogP contribution >= 0.6 is 0 Å². The lowest BCUT2D eigenvalue weighted by atomic mass is 9.97. The van der Waals surface area contributed by atoms with E-state index in [1.807, 2.05) is 12.1 Å². The number of rotatable bonds is 0. The van der Waals surface area contributed by atoms with Gasteiger partial charge >= 0.3 is 6.18 Å². The number of fused-ring (bicyclic) bond motifs is 2. The van der Waals surface area contributed by atoms with Gasteiger partial charge in [0.15, 0.2) is 5.78 Å². The van der Waals surface area contributed by atoms with Crippen molar-refractivity contribution in [3.8, 4) is 0 Å². The Morgan fingerprint density at radius 2 is 1.50 bits per heavy atom. The summed E-state index contributed by atoms with van der Waals surface area (Å²) in [6.45, 7) is 0. The fourth-order valence-electron chi connectivity index (χ4n) is 2.56. The van der Waals surface area contributed by atoms with E-state index in [0.717, 1.165) is 17.7 Å². The van der Waals surface area contributed by atoms with Crippen molar-refractivity contribution < 1.29 is 18.0 Å². The van der Waals surface area contributed by atoms with E-state index in [1.54, 1.807) is 12.1 Å². The van der Waals surface area contributed by atoms with Gasteiger partial charge in [-0.25, -0.2) is 0 Å². The van der Waals surface area contributed by atoms with Gasteiger partial charge in [0.1, 0.15) is 0 Å². The fraction of sp³-hybridized carbons (Fsp3) is 0.188. The maximum Gasteiger partial charge on any atom is 0.416 e. The summed E-state index contributed by atoms with van der Waals surface area (Å²) in [5.41, 5.74) is 1.47. The van der Waals surface area contributed by atoms with Gasteiger partial charge in [-0.3, -0.25) is 4.79 Å². The number of carbonyl (C=O) groups excluding carboxylic acids is 1. The van der Waals surface area contributed by atoms with Gasteiger partial charge < -0.3 is 0 Å². The van der Waals surface area contributed by atoms with E-state index in [0.29, 0.717) is 24.0 Å². The van der Waals surface area contributed by atoms with Gasteiger partial charge in [-0.1, -0.05) is 30.3 Å². The zero-order valence-corrected chi connectivity index (χ0v) is 10.5. The second-order valence-electron chi connectivity index (χ2n) is 4.86. The summed E-state index contributed by atoms with van der Waals surface area (Å²) >= 11 is 0. The van der Waals surface area contributed by atoms with Crippen molar-refractivity contribution in [1.82, 2.24) is 0 Å². The SMILES string of the molecule is O=C1c2ccccc2CCc2ccc(C(F)(F)F)cc21. The van der Waals surface area contributed by atoms with Crippen LogP contribution in [0, 0.1) is 0 Å². The summed E-state index contributed by atoms with van der Waals surface area (Å²) < 4.78 is 38.3.